The van der Waals surface area contributed by atoms with E-state index in [0.717, 1.165) is 30.8 Å². The highest BCUT2D eigenvalue weighted by molar-refractivity contribution is 5.94. The second-order valence-electron chi connectivity index (χ2n) is 9.00. The number of unbranched alkanes of at least 4 members (excludes halogenated alkanes) is 4. The summed E-state index contributed by atoms with van der Waals surface area (Å²) in [7, 11) is 0. The van der Waals surface area contributed by atoms with Gasteiger partial charge in [0.25, 0.3) is 0 Å². The predicted molar refractivity (Wildman–Crippen MR) is 173 cm³/mol. The van der Waals surface area contributed by atoms with Gasteiger partial charge in [0, 0.05) is 24.5 Å². The molecular weight excluding hydrogens is 498 g/mol. The Bertz CT molecular complexity index is 865. The molecule has 0 aliphatic heterocycles. The number of carbonyl (C=O) groups excluding carboxylic acids is 2. The van der Waals surface area contributed by atoms with Crippen molar-refractivity contribution < 1.29 is 19.5 Å². The summed E-state index contributed by atoms with van der Waals surface area (Å²) in [6.45, 7) is 24.5. The maximum Gasteiger partial charge on any atom is 0.159 e. The van der Waals surface area contributed by atoms with E-state index in [1.165, 1.54) is 50.2 Å². The maximum absolute atomic E-state index is 11.1. The second-order valence-corrected chi connectivity index (χ2v) is 9.00. The molecule has 0 aliphatic carbocycles. The molecule has 2 rings (SSSR count). The highest BCUT2D eigenvalue weighted by Crippen LogP contribution is 2.20. The fourth-order valence-corrected chi connectivity index (χ4v) is 3.04. The van der Waals surface area contributed by atoms with E-state index in [1.54, 1.807) is 13.8 Å². The third kappa shape index (κ3) is 22.1. The standard InChI is InChI=1S/C15H14O.C10H22O.C6H11NO2.2C2H6/c1-11-3-5-14(6-4-11)15-9-7-13(8-10-15)12(2)16;1-3-5-6-7-8-10-11-9-4-2;1-4(6(3)8)5(2)7-9;2*1-2/h3-10H,1-2H3;3-10H2,1-2H3;4,7,9H,2H2,1,3H3;2*1-2H3. The zero-order valence-electron chi connectivity index (χ0n) is 27.2. The smallest absolute Gasteiger partial charge is 0.159 e. The summed E-state index contributed by atoms with van der Waals surface area (Å²) in [6, 6.07) is 16.1. The summed E-state index contributed by atoms with van der Waals surface area (Å²) >= 11 is 0. The number of hydrogen-bond acceptors (Lipinski definition) is 5. The van der Waals surface area contributed by atoms with Gasteiger partial charge in [-0.15, -0.1) is 0 Å². The molecule has 40 heavy (non-hydrogen) atoms. The lowest BCUT2D eigenvalue weighted by Gasteiger charge is -2.07. The molecule has 0 bridgehead atoms. The molecule has 0 amide bonds. The summed E-state index contributed by atoms with van der Waals surface area (Å²) in [5, 5.41) is 8.25. The third-order valence-electron chi connectivity index (χ3n) is 5.69. The van der Waals surface area contributed by atoms with Crippen LogP contribution in [0.3, 0.4) is 0 Å². The number of nitrogens with one attached hydrogen (secondary N) is 1. The number of allylic oxidation sites excluding steroid dienone is 1. The zero-order chi connectivity index (χ0) is 31.3. The minimum atomic E-state index is -0.310. The van der Waals surface area contributed by atoms with Gasteiger partial charge in [-0.1, -0.05) is 128 Å². The largest absolute Gasteiger partial charge is 0.381 e. The second kappa shape index (κ2) is 29.2. The Balaban J connectivity index is -0.000000505. The van der Waals surface area contributed by atoms with Crippen molar-refractivity contribution >= 4 is 11.6 Å². The first-order valence-electron chi connectivity index (χ1n) is 15.0. The SMILES string of the molecule is C=C(NO)C(C)C(C)=O.CC.CC.CC(=O)c1ccc(-c2ccc(C)cc2)cc1.CCCCCCCOCCC. The van der Waals surface area contributed by atoms with Crippen molar-refractivity contribution in [3.8, 4) is 11.1 Å². The average molecular weight is 558 g/mol. The molecule has 0 aliphatic rings. The van der Waals surface area contributed by atoms with Gasteiger partial charge in [0.15, 0.2) is 5.78 Å². The van der Waals surface area contributed by atoms with E-state index < -0.39 is 0 Å². The normalized spacial score (nSPS) is 9.97. The van der Waals surface area contributed by atoms with Crippen LogP contribution in [0.2, 0.25) is 0 Å². The predicted octanol–water partition coefficient (Wildman–Crippen LogP) is 10.0. The fourth-order valence-electron chi connectivity index (χ4n) is 3.04. The number of Topliss-reactive ketones (excluding diaryl/α,β-unsaturated/α-hetero) is 2. The van der Waals surface area contributed by atoms with Crippen molar-refractivity contribution in [1.29, 1.82) is 0 Å². The number of hydrogen-bond donors (Lipinski definition) is 2. The lowest BCUT2D eigenvalue weighted by molar-refractivity contribution is -0.119. The van der Waals surface area contributed by atoms with E-state index >= 15 is 0 Å². The Morgan fingerprint density at radius 3 is 1.65 bits per heavy atom. The molecule has 0 radical (unpaired) electrons. The molecule has 0 spiro atoms. The van der Waals surface area contributed by atoms with Crippen LogP contribution < -0.4 is 5.48 Å². The number of carbonyl (C=O) groups is 2. The molecule has 0 saturated heterocycles. The lowest BCUT2D eigenvalue weighted by Crippen LogP contribution is -2.18. The number of hydroxylamine groups is 1. The van der Waals surface area contributed by atoms with Crippen LogP contribution in [0.5, 0.6) is 0 Å². The van der Waals surface area contributed by atoms with Gasteiger partial charge in [0.05, 0.1) is 5.92 Å². The van der Waals surface area contributed by atoms with Gasteiger partial charge in [-0.05, 0) is 51.7 Å². The van der Waals surface area contributed by atoms with Gasteiger partial charge in [0.2, 0.25) is 0 Å². The van der Waals surface area contributed by atoms with Gasteiger partial charge < -0.3 is 4.74 Å². The van der Waals surface area contributed by atoms with Crippen LogP contribution in [-0.4, -0.2) is 30.0 Å². The molecular formula is C35H59NO4. The zero-order valence-corrected chi connectivity index (χ0v) is 27.2. The maximum atomic E-state index is 11.1. The molecule has 0 aromatic heterocycles. The highest BCUT2D eigenvalue weighted by atomic mass is 16.5. The van der Waals surface area contributed by atoms with Gasteiger partial charge in [-0.3, -0.25) is 20.3 Å². The van der Waals surface area contributed by atoms with E-state index in [2.05, 4.69) is 51.6 Å². The van der Waals surface area contributed by atoms with Crippen molar-refractivity contribution in [2.75, 3.05) is 13.2 Å². The first kappa shape index (κ1) is 41.7. The number of ketones is 2. The summed E-state index contributed by atoms with van der Waals surface area (Å²) in [6.07, 6.45) is 7.84. The van der Waals surface area contributed by atoms with Crippen LogP contribution in [0.25, 0.3) is 11.1 Å². The van der Waals surface area contributed by atoms with Gasteiger partial charge in [-0.2, -0.15) is 0 Å². The minimum Gasteiger partial charge on any atom is -0.381 e. The van der Waals surface area contributed by atoms with E-state index in [4.69, 9.17) is 9.94 Å². The van der Waals surface area contributed by atoms with Crippen molar-refractivity contribution in [2.24, 2.45) is 5.92 Å². The van der Waals surface area contributed by atoms with E-state index in [9.17, 15) is 9.59 Å². The molecule has 1 unspecified atom stereocenters. The number of rotatable bonds is 13. The summed E-state index contributed by atoms with van der Waals surface area (Å²) < 4.78 is 5.36. The first-order valence-corrected chi connectivity index (χ1v) is 15.0. The quantitative estimate of drug-likeness (QED) is 0.146. The minimum absolute atomic E-state index is 0.0125. The Morgan fingerprint density at radius 2 is 1.27 bits per heavy atom. The number of aryl methyl sites for hydroxylation is 1. The van der Waals surface area contributed by atoms with Crippen molar-refractivity contribution in [1.82, 2.24) is 5.48 Å². The van der Waals surface area contributed by atoms with Gasteiger partial charge in [0.1, 0.15) is 5.78 Å². The summed E-state index contributed by atoms with van der Waals surface area (Å²) in [5.41, 5.74) is 6.50. The first-order chi connectivity index (χ1) is 19.2. The average Bonchev–Trinajstić information content (AvgIpc) is 2.99. The molecule has 5 heteroatoms. The van der Waals surface area contributed by atoms with E-state index in [-0.39, 0.29) is 17.5 Å². The van der Waals surface area contributed by atoms with E-state index in [0.29, 0.717) is 5.70 Å². The summed E-state index contributed by atoms with van der Waals surface area (Å²) in [5.74, 6) is -0.216. The van der Waals surface area contributed by atoms with Crippen molar-refractivity contribution in [3.05, 3.63) is 71.9 Å². The molecule has 1 atom stereocenters. The molecule has 2 aromatic carbocycles. The van der Waals surface area contributed by atoms with Gasteiger partial charge in [-0.25, -0.2) is 0 Å². The molecule has 0 heterocycles. The van der Waals surface area contributed by atoms with E-state index in [1.807, 2.05) is 57.4 Å². The summed E-state index contributed by atoms with van der Waals surface area (Å²) in [4.78, 5) is 21.7. The Kier molecular flexibility index (Phi) is 30.5. The Labute approximate surface area is 246 Å². The van der Waals surface area contributed by atoms with Crippen LogP contribution in [0, 0.1) is 12.8 Å². The van der Waals surface area contributed by atoms with Gasteiger partial charge >= 0.3 is 0 Å². The monoisotopic (exact) mass is 557 g/mol. The van der Waals surface area contributed by atoms with Crippen LogP contribution in [0.4, 0.5) is 0 Å². The molecule has 0 fully saturated rings. The molecule has 0 saturated carbocycles. The fraction of sp³-hybridized carbons (Fsp3) is 0.543. The van der Waals surface area contributed by atoms with Crippen molar-refractivity contribution in [3.63, 3.8) is 0 Å². The van der Waals surface area contributed by atoms with Crippen molar-refractivity contribution in [2.45, 2.75) is 108 Å². The number of ether oxygens (including phenoxy) is 1. The molecule has 228 valence electrons. The highest BCUT2D eigenvalue weighted by Gasteiger charge is 2.09. The third-order valence-corrected chi connectivity index (χ3v) is 5.69. The van der Waals surface area contributed by atoms with Crippen LogP contribution >= 0.6 is 0 Å². The molecule has 2 aromatic rings. The Hall–Kier alpha value is -2.76. The number of benzene rings is 2. The van der Waals surface area contributed by atoms with Crippen LogP contribution in [0.1, 0.15) is 117 Å². The van der Waals surface area contributed by atoms with Crippen LogP contribution in [-0.2, 0) is 9.53 Å². The topological polar surface area (TPSA) is 75.6 Å². The Morgan fingerprint density at radius 1 is 0.800 bits per heavy atom. The molecule has 5 nitrogen and oxygen atoms in total. The molecule has 2 N–H and O–H groups in total. The van der Waals surface area contributed by atoms with Crippen LogP contribution in [0.15, 0.2) is 60.8 Å². The lowest BCUT2D eigenvalue weighted by atomic mass is 10.0.